The van der Waals surface area contributed by atoms with Crippen LogP contribution in [0.1, 0.15) is 35.8 Å². The van der Waals surface area contributed by atoms with E-state index in [-0.39, 0.29) is 17.6 Å². The number of aryl methyl sites for hydroxylation is 1. The molecule has 1 aliphatic rings. The fourth-order valence-electron chi connectivity index (χ4n) is 2.92. The Kier molecular flexibility index (Phi) is 3.92. The summed E-state index contributed by atoms with van der Waals surface area (Å²) >= 11 is 0. The van der Waals surface area contributed by atoms with Crippen molar-refractivity contribution in [2.45, 2.75) is 38.3 Å². The van der Waals surface area contributed by atoms with Gasteiger partial charge in [0.1, 0.15) is 0 Å². The third-order valence-corrected chi connectivity index (χ3v) is 4.11. The Hall–Kier alpha value is -1.88. The van der Waals surface area contributed by atoms with Crippen molar-refractivity contribution in [1.29, 1.82) is 0 Å². The van der Waals surface area contributed by atoms with E-state index in [1.165, 1.54) is 37.4 Å². The molecule has 112 valence electrons. The standard InChI is InChI=1S/C16H20FN3O/c1-21-16-7-6-11(8-12(16)17)13(18)9-20-10-19-14-4-2-3-5-15(14)20/h6-8,10,13H,2-5,9,18H2,1H3. The number of ether oxygens (including phenoxy) is 1. The summed E-state index contributed by atoms with van der Waals surface area (Å²) in [6, 6.07) is 4.63. The van der Waals surface area contributed by atoms with Crippen LogP contribution in [0.2, 0.25) is 0 Å². The normalized spacial score (nSPS) is 15.6. The molecular formula is C16H20FN3O. The Morgan fingerprint density at radius 3 is 2.95 bits per heavy atom. The van der Waals surface area contributed by atoms with Crippen LogP contribution >= 0.6 is 0 Å². The lowest BCUT2D eigenvalue weighted by atomic mass is 10.0. The molecule has 5 heteroatoms. The monoisotopic (exact) mass is 289 g/mol. The molecule has 0 fully saturated rings. The number of hydrogen-bond donors (Lipinski definition) is 1. The molecular weight excluding hydrogens is 269 g/mol. The van der Waals surface area contributed by atoms with Crippen LogP contribution < -0.4 is 10.5 Å². The first-order valence-corrected chi connectivity index (χ1v) is 7.31. The van der Waals surface area contributed by atoms with Crippen molar-refractivity contribution in [1.82, 2.24) is 9.55 Å². The Balaban J connectivity index is 1.78. The van der Waals surface area contributed by atoms with E-state index in [1.807, 2.05) is 12.4 Å². The van der Waals surface area contributed by atoms with Crippen LogP contribution in [0.3, 0.4) is 0 Å². The molecule has 1 aromatic carbocycles. The van der Waals surface area contributed by atoms with Gasteiger partial charge in [-0.25, -0.2) is 9.37 Å². The molecule has 0 radical (unpaired) electrons. The largest absolute Gasteiger partial charge is 0.494 e. The Labute approximate surface area is 123 Å². The fourth-order valence-corrected chi connectivity index (χ4v) is 2.92. The molecule has 1 atom stereocenters. The average molecular weight is 289 g/mol. The molecule has 0 saturated heterocycles. The lowest BCUT2D eigenvalue weighted by Crippen LogP contribution is -2.19. The molecule has 2 N–H and O–H groups in total. The van der Waals surface area contributed by atoms with E-state index in [9.17, 15) is 4.39 Å². The van der Waals surface area contributed by atoms with Gasteiger partial charge in [-0.3, -0.25) is 0 Å². The first-order valence-electron chi connectivity index (χ1n) is 7.31. The summed E-state index contributed by atoms with van der Waals surface area (Å²) in [5.74, 6) is -0.135. The first kappa shape index (κ1) is 14.1. The number of methoxy groups -OCH3 is 1. The number of benzene rings is 1. The zero-order valence-corrected chi connectivity index (χ0v) is 12.2. The van der Waals surface area contributed by atoms with Crippen LogP contribution in [0.5, 0.6) is 5.75 Å². The third kappa shape index (κ3) is 2.78. The Morgan fingerprint density at radius 2 is 2.19 bits per heavy atom. The lowest BCUT2D eigenvalue weighted by Gasteiger charge is -2.18. The van der Waals surface area contributed by atoms with Crippen LogP contribution in [0.4, 0.5) is 4.39 Å². The summed E-state index contributed by atoms with van der Waals surface area (Å²) in [7, 11) is 1.45. The van der Waals surface area contributed by atoms with Gasteiger partial charge in [0, 0.05) is 18.3 Å². The number of hydrogen-bond acceptors (Lipinski definition) is 3. The van der Waals surface area contributed by atoms with Crippen molar-refractivity contribution in [2.75, 3.05) is 7.11 Å². The predicted octanol–water partition coefficient (Wildman–Crippen LogP) is 2.61. The number of rotatable bonds is 4. The number of imidazole rings is 1. The summed E-state index contributed by atoms with van der Waals surface area (Å²) in [6.07, 6.45) is 6.37. The fraction of sp³-hybridized carbons (Fsp3) is 0.438. The van der Waals surface area contributed by atoms with E-state index >= 15 is 0 Å². The molecule has 21 heavy (non-hydrogen) atoms. The summed E-state index contributed by atoms with van der Waals surface area (Å²) in [5, 5.41) is 0. The number of fused-ring (bicyclic) bond motifs is 1. The minimum absolute atomic E-state index is 0.242. The van der Waals surface area contributed by atoms with E-state index in [1.54, 1.807) is 6.07 Å². The maximum Gasteiger partial charge on any atom is 0.165 e. The van der Waals surface area contributed by atoms with Gasteiger partial charge in [0.15, 0.2) is 11.6 Å². The lowest BCUT2D eigenvalue weighted by molar-refractivity contribution is 0.385. The van der Waals surface area contributed by atoms with Crippen molar-refractivity contribution in [3.05, 3.63) is 47.3 Å². The van der Waals surface area contributed by atoms with Crippen molar-refractivity contribution < 1.29 is 9.13 Å². The van der Waals surface area contributed by atoms with Crippen molar-refractivity contribution in [2.24, 2.45) is 5.73 Å². The number of nitrogens with two attached hydrogens (primary N) is 1. The van der Waals surface area contributed by atoms with Crippen LogP contribution in [-0.2, 0) is 19.4 Å². The van der Waals surface area contributed by atoms with Gasteiger partial charge in [-0.1, -0.05) is 6.07 Å². The molecule has 0 aliphatic heterocycles. The van der Waals surface area contributed by atoms with Crippen molar-refractivity contribution in [3.63, 3.8) is 0 Å². The molecule has 0 spiro atoms. The maximum atomic E-state index is 13.8. The van der Waals surface area contributed by atoms with Crippen LogP contribution in [0, 0.1) is 5.82 Å². The van der Waals surface area contributed by atoms with E-state index in [4.69, 9.17) is 10.5 Å². The van der Waals surface area contributed by atoms with Crippen LogP contribution in [-0.4, -0.2) is 16.7 Å². The molecule has 1 aliphatic carbocycles. The van der Waals surface area contributed by atoms with Gasteiger partial charge in [-0.2, -0.15) is 0 Å². The summed E-state index contributed by atoms with van der Waals surface area (Å²) in [6.45, 7) is 0.619. The molecule has 0 saturated carbocycles. The third-order valence-electron chi connectivity index (χ3n) is 4.11. The topological polar surface area (TPSA) is 53.1 Å². The highest BCUT2D eigenvalue weighted by atomic mass is 19.1. The maximum absolute atomic E-state index is 13.8. The van der Waals surface area contributed by atoms with Crippen LogP contribution in [0.25, 0.3) is 0 Å². The van der Waals surface area contributed by atoms with Gasteiger partial charge in [0.05, 0.1) is 19.1 Å². The minimum Gasteiger partial charge on any atom is -0.494 e. The average Bonchev–Trinajstić information content (AvgIpc) is 2.90. The predicted molar refractivity (Wildman–Crippen MR) is 78.7 cm³/mol. The highest BCUT2D eigenvalue weighted by Gasteiger charge is 2.17. The first-order chi connectivity index (χ1) is 10.2. The second-order valence-corrected chi connectivity index (χ2v) is 5.50. The SMILES string of the molecule is COc1ccc(C(N)Cn2cnc3c2CCCC3)cc1F. The minimum atomic E-state index is -0.377. The van der Waals surface area contributed by atoms with Gasteiger partial charge in [-0.15, -0.1) is 0 Å². The molecule has 1 unspecified atom stereocenters. The number of aromatic nitrogens is 2. The van der Waals surface area contributed by atoms with Gasteiger partial charge >= 0.3 is 0 Å². The van der Waals surface area contributed by atoms with Crippen LogP contribution in [0.15, 0.2) is 24.5 Å². The smallest absolute Gasteiger partial charge is 0.165 e. The van der Waals surface area contributed by atoms with E-state index in [0.29, 0.717) is 6.54 Å². The van der Waals surface area contributed by atoms with Crippen molar-refractivity contribution in [3.8, 4) is 5.75 Å². The quantitative estimate of drug-likeness (QED) is 0.941. The second kappa shape index (κ2) is 5.85. The Morgan fingerprint density at radius 1 is 1.38 bits per heavy atom. The molecule has 0 amide bonds. The zero-order valence-electron chi connectivity index (χ0n) is 12.2. The number of nitrogens with zero attached hydrogens (tertiary/aromatic N) is 2. The second-order valence-electron chi connectivity index (χ2n) is 5.50. The van der Waals surface area contributed by atoms with Gasteiger partial charge in [0.2, 0.25) is 0 Å². The van der Waals surface area contributed by atoms with Gasteiger partial charge in [0.25, 0.3) is 0 Å². The van der Waals surface area contributed by atoms with Gasteiger partial charge in [-0.05, 0) is 43.4 Å². The van der Waals surface area contributed by atoms with E-state index in [2.05, 4.69) is 9.55 Å². The molecule has 3 rings (SSSR count). The van der Waals surface area contributed by atoms with Gasteiger partial charge < -0.3 is 15.0 Å². The molecule has 1 aromatic heterocycles. The summed E-state index contributed by atoms with van der Waals surface area (Å²) in [5.41, 5.74) is 9.47. The molecule has 2 aromatic rings. The summed E-state index contributed by atoms with van der Waals surface area (Å²) in [4.78, 5) is 4.46. The molecule has 1 heterocycles. The van der Waals surface area contributed by atoms with E-state index < -0.39 is 0 Å². The molecule has 0 bridgehead atoms. The molecule has 4 nitrogen and oxygen atoms in total. The number of halogens is 1. The summed E-state index contributed by atoms with van der Waals surface area (Å²) < 4.78 is 20.8. The zero-order chi connectivity index (χ0) is 14.8. The van der Waals surface area contributed by atoms with E-state index in [0.717, 1.165) is 18.4 Å². The Bertz CT molecular complexity index is 638. The highest BCUT2D eigenvalue weighted by Crippen LogP contribution is 2.24. The van der Waals surface area contributed by atoms with Crippen molar-refractivity contribution >= 4 is 0 Å². The highest BCUT2D eigenvalue weighted by molar-refractivity contribution is 5.31.